The van der Waals surface area contributed by atoms with Crippen molar-refractivity contribution in [2.45, 2.75) is 45.4 Å². The molecule has 156 valence electrons. The second kappa shape index (κ2) is 9.76. The highest BCUT2D eigenvalue weighted by atomic mass is 32.2. The average Bonchev–Trinajstić information content (AvgIpc) is 3.11. The number of nitrogens with zero attached hydrogens (tertiary/aromatic N) is 3. The summed E-state index contributed by atoms with van der Waals surface area (Å²) in [5.74, 6) is 1.03. The van der Waals surface area contributed by atoms with Crippen LogP contribution in [0.25, 0.3) is 11.4 Å². The quantitative estimate of drug-likeness (QED) is 0.410. The molecule has 1 N–H and O–H groups in total. The molecule has 0 radical (unpaired) electrons. The Bertz CT molecular complexity index is 1060. The zero-order chi connectivity index (χ0) is 21.7. The molecule has 2 aromatic carbocycles. The number of amides is 1. The lowest BCUT2D eigenvalue weighted by molar-refractivity contribution is -0.119. The largest absolute Gasteiger partial charge is 0.349 e. The van der Waals surface area contributed by atoms with E-state index < -0.39 is 0 Å². The van der Waals surface area contributed by atoms with E-state index in [9.17, 15) is 4.79 Å². The van der Waals surface area contributed by atoms with Crippen LogP contribution in [0.2, 0.25) is 0 Å². The monoisotopic (exact) mass is 420 g/mol. The molecule has 0 saturated heterocycles. The Morgan fingerprint density at radius 2 is 1.97 bits per heavy atom. The van der Waals surface area contributed by atoms with Gasteiger partial charge in [-0.2, -0.15) is 0 Å². The molecule has 3 aromatic rings. The van der Waals surface area contributed by atoms with E-state index in [0.717, 1.165) is 22.5 Å². The van der Waals surface area contributed by atoms with Crippen LogP contribution < -0.4 is 5.32 Å². The van der Waals surface area contributed by atoms with Gasteiger partial charge < -0.3 is 5.32 Å². The molecule has 3 rings (SSSR count). The zero-order valence-corrected chi connectivity index (χ0v) is 18.8. The van der Waals surface area contributed by atoms with Gasteiger partial charge in [0.05, 0.1) is 11.8 Å². The summed E-state index contributed by atoms with van der Waals surface area (Å²) in [6.45, 7) is 12.7. The fraction of sp³-hybridized carbons (Fsp3) is 0.292. The molecule has 0 aliphatic carbocycles. The molecule has 0 fully saturated rings. The molecular weight excluding hydrogens is 392 g/mol. The van der Waals surface area contributed by atoms with Gasteiger partial charge in [0.15, 0.2) is 11.0 Å². The number of rotatable bonds is 8. The predicted molar refractivity (Wildman–Crippen MR) is 124 cm³/mol. The Hall–Kier alpha value is -2.86. The van der Waals surface area contributed by atoms with Crippen LogP contribution in [0.3, 0.4) is 0 Å². The molecule has 30 heavy (non-hydrogen) atoms. The van der Waals surface area contributed by atoms with E-state index in [-0.39, 0.29) is 17.7 Å². The Kier molecular flexibility index (Phi) is 7.11. The number of aryl methyl sites for hydroxylation is 3. The summed E-state index contributed by atoms with van der Waals surface area (Å²) in [6.07, 6.45) is 1.81. The number of hydrogen-bond acceptors (Lipinski definition) is 4. The Morgan fingerprint density at radius 1 is 1.17 bits per heavy atom. The average molecular weight is 421 g/mol. The van der Waals surface area contributed by atoms with Gasteiger partial charge in [-0.05, 0) is 50.5 Å². The predicted octanol–water partition coefficient (Wildman–Crippen LogP) is 5.03. The van der Waals surface area contributed by atoms with E-state index in [2.05, 4.69) is 73.2 Å². The third kappa shape index (κ3) is 5.19. The van der Waals surface area contributed by atoms with Crippen molar-refractivity contribution >= 4 is 17.7 Å². The first-order chi connectivity index (χ1) is 14.4. The van der Waals surface area contributed by atoms with Crippen molar-refractivity contribution in [3.8, 4) is 11.4 Å². The fourth-order valence-electron chi connectivity index (χ4n) is 3.22. The van der Waals surface area contributed by atoms with Crippen LogP contribution >= 0.6 is 11.8 Å². The summed E-state index contributed by atoms with van der Waals surface area (Å²) in [6, 6.07) is 14.4. The van der Waals surface area contributed by atoms with E-state index in [4.69, 9.17) is 0 Å². The molecule has 0 spiro atoms. The summed E-state index contributed by atoms with van der Waals surface area (Å²) >= 11 is 1.39. The standard InChI is InChI=1S/C24H28N4OS/c1-6-12-28-23(21-9-7-8-16(2)13-21)26-27-24(28)30-15-22(29)25-19(5)20-11-10-17(3)18(4)14-20/h6-11,13-14,19H,1,12,15H2,2-5H3,(H,25,29). The van der Waals surface area contributed by atoms with Crippen molar-refractivity contribution in [1.82, 2.24) is 20.1 Å². The summed E-state index contributed by atoms with van der Waals surface area (Å²) in [5, 5.41) is 12.5. The van der Waals surface area contributed by atoms with Gasteiger partial charge >= 0.3 is 0 Å². The number of carbonyl (C=O) groups excluding carboxylic acids is 1. The van der Waals surface area contributed by atoms with Gasteiger partial charge in [-0.3, -0.25) is 9.36 Å². The summed E-state index contributed by atoms with van der Waals surface area (Å²) in [4.78, 5) is 12.5. The third-order valence-corrected chi connectivity index (χ3v) is 6.01. The van der Waals surface area contributed by atoms with E-state index >= 15 is 0 Å². The first-order valence-electron chi connectivity index (χ1n) is 9.99. The minimum Gasteiger partial charge on any atom is -0.349 e. The molecule has 1 unspecified atom stereocenters. The fourth-order valence-corrected chi connectivity index (χ4v) is 3.98. The van der Waals surface area contributed by atoms with Crippen LogP contribution in [0.5, 0.6) is 0 Å². The maximum Gasteiger partial charge on any atom is 0.230 e. The molecule has 1 aromatic heterocycles. The second-order valence-electron chi connectivity index (χ2n) is 7.50. The van der Waals surface area contributed by atoms with E-state index in [1.54, 1.807) is 0 Å². The van der Waals surface area contributed by atoms with Gasteiger partial charge in [0.1, 0.15) is 0 Å². The number of aromatic nitrogens is 3. The lowest BCUT2D eigenvalue weighted by atomic mass is 10.0. The van der Waals surface area contributed by atoms with Crippen molar-refractivity contribution in [3.63, 3.8) is 0 Å². The topological polar surface area (TPSA) is 59.8 Å². The van der Waals surface area contributed by atoms with Crippen molar-refractivity contribution in [1.29, 1.82) is 0 Å². The zero-order valence-electron chi connectivity index (χ0n) is 18.0. The highest BCUT2D eigenvalue weighted by molar-refractivity contribution is 7.99. The number of hydrogen-bond donors (Lipinski definition) is 1. The molecule has 0 aliphatic heterocycles. The molecule has 5 nitrogen and oxygen atoms in total. The van der Waals surface area contributed by atoms with Crippen molar-refractivity contribution in [2.24, 2.45) is 0 Å². The lowest BCUT2D eigenvalue weighted by Gasteiger charge is -2.15. The van der Waals surface area contributed by atoms with Gasteiger partial charge in [-0.15, -0.1) is 16.8 Å². The molecule has 1 atom stereocenters. The van der Waals surface area contributed by atoms with Crippen LogP contribution in [-0.2, 0) is 11.3 Å². The minimum absolute atomic E-state index is 0.0315. The molecular formula is C24H28N4OS. The number of allylic oxidation sites excluding steroid dienone is 1. The normalized spacial score (nSPS) is 11.9. The number of carbonyl (C=O) groups is 1. The molecule has 0 aliphatic rings. The van der Waals surface area contributed by atoms with E-state index in [0.29, 0.717) is 11.7 Å². The Morgan fingerprint density at radius 3 is 2.67 bits per heavy atom. The maximum absolute atomic E-state index is 12.5. The summed E-state index contributed by atoms with van der Waals surface area (Å²) in [7, 11) is 0. The molecule has 0 saturated carbocycles. The molecule has 1 amide bonds. The van der Waals surface area contributed by atoms with Crippen LogP contribution in [0.15, 0.2) is 60.3 Å². The number of thioether (sulfide) groups is 1. The first kappa shape index (κ1) is 21.8. The number of benzene rings is 2. The SMILES string of the molecule is C=CCn1c(SCC(=O)NC(C)c2ccc(C)c(C)c2)nnc1-c1cccc(C)c1. The first-order valence-corrected chi connectivity index (χ1v) is 11.0. The van der Waals surface area contributed by atoms with Crippen molar-refractivity contribution in [3.05, 3.63) is 77.4 Å². The maximum atomic E-state index is 12.5. The van der Waals surface area contributed by atoms with Gasteiger partial charge in [0.25, 0.3) is 0 Å². The molecule has 0 bridgehead atoms. The van der Waals surface area contributed by atoms with Gasteiger partial charge in [0.2, 0.25) is 5.91 Å². The van der Waals surface area contributed by atoms with Crippen LogP contribution in [-0.4, -0.2) is 26.4 Å². The Labute approximate surface area is 182 Å². The van der Waals surface area contributed by atoms with Crippen LogP contribution in [0.4, 0.5) is 0 Å². The molecule has 6 heteroatoms. The van der Waals surface area contributed by atoms with Gasteiger partial charge in [-0.25, -0.2) is 0 Å². The van der Waals surface area contributed by atoms with Gasteiger partial charge in [0, 0.05) is 12.1 Å². The van der Waals surface area contributed by atoms with Gasteiger partial charge in [-0.1, -0.05) is 59.8 Å². The number of nitrogens with one attached hydrogen (secondary N) is 1. The minimum atomic E-state index is -0.0497. The smallest absolute Gasteiger partial charge is 0.230 e. The van der Waals surface area contributed by atoms with E-state index in [1.165, 1.54) is 22.9 Å². The van der Waals surface area contributed by atoms with Crippen LogP contribution in [0.1, 0.15) is 35.2 Å². The summed E-state index contributed by atoms with van der Waals surface area (Å²) < 4.78 is 1.99. The summed E-state index contributed by atoms with van der Waals surface area (Å²) in [5.41, 5.74) is 5.74. The molecule has 1 heterocycles. The third-order valence-electron chi connectivity index (χ3n) is 5.05. The second-order valence-corrected chi connectivity index (χ2v) is 8.44. The highest BCUT2D eigenvalue weighted by Crippen LogP contribution is 2.25. The van der Waals surface area contributed by atoms with Crippen molar-refractivity contribution < 1.29 is 4.79 Å². The Balaban J connectivity index is 1.68. The van der Waals surface area contributed by atoms with Crippen molar-refractivity contribution in [2.75, 3.05) is 5.75 Å². The van der Waals surface area contributed by atoms with Crippen LogP contribution in [0, 0.1) is 20.8 Å². The highest BCUT2D eigenvalue weighted by Gasteiger charge is 2.16. The van der Waals surface area contributed by atoms with E-state index in [1.807, 2.05) is 29.7 Å². The lowest BCUT2D eigenvalue weighted by Crippen LogP contribution is -2.28.